The van der Waals surface area contributed by atoms with Crippen molar-refractivity contribution in [1.29, 1.82) is 0 Å². The van der Waals surface area contributed by atoms with Gasteiger partial charge in [0.1, 0.15) is 5.82 Å². The van der Waals surface area contributed by atoms with Crippen LogP contribution < -0.4 is 22.1 Å². The summed E-state index contributed by atoms with van der Waals surface area (Å²) in [6.07, 6.45) is 6.30. The van der Waals surface area contributed by atoms with Crippen LogP contribution in [0, 0.1) is 0 Å². The summed E-state index contributed by atoms with van der Waals surface area (Å²) in [5.41, 5.74) is 0.561. The van der Waals surface area contributed by atoms with E-state index in [0.29, 0.717) is 53.1 Å². The van der Waals surface area contributed by atoms with E-state index >= 15 is 0 Å². The number of nitrogens with zero attached hydrogens (tertiary/aromatic N) is 4. The average molecular weight is 494 g/mol. The van der Waals surface area contributed by atoms with E-state index in [-0.39, 0.29) is 17.9 Å². The molecule has 36 heavy (non-hydrogen) atoms. The zero-order chi connectivity index (χ0) is 25.7. The third-order valence-electron chi connectivity index (χ3n) is 6.19. The van der Waals surface area contributed by atoms with Gasteiger partial charge in [-0.15, -0.1) is 0 Å². The van der Waals surface area contributed by atoms with Gasteiger partial charge >= 0.3 is 5.69 Å². The van der Waals surface area contributed by atoms with Crippen molar-refractivity contribution in [2.24, 2.45) is 0 Å². The summed E-state index contributed by atoms with van der Waals surface area (Å²) in [4.78, 5) is 63.8. The number of aromatic amines is 2. The Morgan fingerprint density at radius 3 is 2.56 bits per heavy atom. The Balaban J connectivity index is 1.60. The van der Waals surface area contributed by atoms with E-state index in [1.807, 2.05) is 11.5 Å². The van der Waals surface area contributed by atoms with E-state index in [9.17, 15) is 19.2 Å². The van der Waals surface area contributed by atoms with Gasteiger partial charge in [0, 0.05) is 31.6 Å². The Hall–Kier alpha value is -4.02. The normalized spacial score (nSPS) is 11.4. The average Bonchev–Trinajstić information content (AvgIpc) is 3.22. The van der Waals surface area contributed by atoms with Gasteiger partial charge in [-0.05, 0) is 31.0 Å². The van der Waals surface area contributed by atoms with Crippen LogP contribution in [0.2, 0.25) is 0 Å². The van der Waals surface area contributed by atoms with Gasteiger partial charge in [0.25, 0.3) is 11.1 Å². The number of rotatable bonds is 11. The van der Waals surface area contributed by atoms with Gasteiger partial charge in [0.15, 0.2) is 11.2 Å². The quantitative estimate of drug-likeness (QED) is 0.274. The zero-order valence-electron chi connectivity index (χ0n) is 20.6. The van der Waals surface area contributed by atoms with Gasteiger partial charge in [-0.2, -0.15) is 0 Å². The largest absolute Gasteiger partial charge is 0.330 e. The fourth-order valence-electron chi connectivity index (χ4n) is 4.29. The van der Waals surface area contributed by atoms with E-state index < -0.39 is 11.2 Å². The van der Waals surface area contributed by atoms with Crippen LogP contribution >= 0.6 is 0 Å². The van der Waals surface area contributed by atoms with Crippen LogP contribution in [0.1, 0.15) is 58.2 Å². The Morgan fingerprint density at radius 1 is 1.00 bits per heavy atom. The fourth-order valence-corrected chi connectivity index (χ4v) is 4.29. The molecule has 1 amide bonds. The van der Waals surface area contributed by atoms with E-state index in [2.05, 4.69) is 32.2 Å². The molecule has 0 spiro atoms. The number of imidazole rings is 1. The number of benzene rings is 1. The lowest BCUT2D eigenvalue weighted by Crippen LogP contribution is -2.31. The minimum atomic E-state index is -0.468. The molecular weight excluding hydrogens is 462 g/mol. The number of aryl methyl sites for hydroxylation is 3. The maximum absolute atomic E-state index is 12.8. The van der Waals surface area contributed by atoms with Crippen LogP contribution in [0.15, 0.2) is 38.9 Å². The molecule has 0 unspecified atom stereocenters. The van der Waals surface area contributed by atoms with E-state index in [4.69, 9.17) is 0 Å². The third-order valence-corrected chi connectivity index (χ3v) is 6.19. The highest BCUT2D eigenvalue weighted by Gasteiger charge is 2.19. The summed E-state index contributed by atoms with van der Waals surface area (Å²) < 4.78 is 3.36. The Kier molecular flexibility index (Phi) is 7.77. The first-order chi connectivity index (χ1) is 17.4. The smallest absolute Gasteiger partial charge is 0.326 e. The predicted molar refractivity (Wildman–Crippen MR) is 138 cm³/mol. The molecule has 11 nitrogen and oxygen atoms in total. The summed E-state index contributed by atoms with van der Waals surface area (Å²) in [5.74, 6) is 0.343. The van der Waals surface area contributed by atoms with Crippen molar-refractivity contribution in [1.82, 2.24) is 29.1 Å². The van der Waals surface area contributed by atoms with E-state index in [1.54, 1.807) is 18.2 Å². The lowest BCUT2D eigenvalue weighted by molar-refractivity contribution is -0.116. The molecule has 3 N–H and O–H groups in total. The molecule has 0 bridgehead atoms. The summed E-state index contributed by atoms with van der Waals surface area (Å²) in [7, 11) is 0. The molecule has 0 aliphatic rings. The molecule has 0 aliphatic heterocycles. The van der Waals surface area contributed by atoms with Crippen LogP contribution in [-0.2, 0) is 24.3 Å². The zero-order valence-corrected chi connectivity index (χ0v) is 20.6. The number of hydrogen-bond acceptors (Lipinski definition) is 6. The highest BCUT2D eigenvalue weighted by Crippen LogP contribution is 2.17. The van der Waals surface area contributed by atoms with Gasteiger partial charge in [-0.25, -0.2) is 14.8 Å². The first-order valence-corrected chi connectivity index (χ1v) is 12.4. The number of nitrogens with one attached hydrogen (secondary N) is 3. The number of fused-ring (bicyclic) bond motifs is 2. The maximum Gasteiger partial charge on any atom is 0.330 e. The molecule has 0 saturated heterocycles. The number of anilines is 1. The van der Waals surface area contributed by atoms with Crippen molar-refractivity contribution in [3.8, 4) is 0 Å². The number of H-pyrrole nitrogens is 2. The van der Waals surface area contributed by atoms with E-state index in [1.165, 1.54) is 10.9 Å². The number of aromatic nitrogens is 6. The molecule has 3 aromatic heterocycles. The monoisotopic (exact) mass is 493 g/mol. The van der Waals surface area contributed by atoms with Crippen LogP contribution in [0.3, 0.4) is 0 Å². The minimum Gasteiger partial charge on any atom is -0.326 e. The number of carbonyl (C=O) groups excluding carboxylic acids is 1. The molecule has 0 radical (unpaired) electrons. The SMILES string of the molecule is CCCCCn1c(CCC(=O)Nc2ccc3nc[nH]c(=O)c3c2)nc2c1c(=O)[nH]c(=O)n2CCCC. The third kappa shape index (κ3) is 5.29. The van der Waals surface area contributed by atoms with Gasteiger partial charge < -0.3 is 14.9 Å². The highest BCUT2D eigenvalue weighted by molar-refractivity contribution is 5.93. The van der Waals surface area contributed by atoms with Gasteiger partial charge in [-0.1, -0.05) is 33.1 Å². The number of unbranched alkanes of at least 4 members (excludes halogenated alkanes) is 3. The standard InChI is InChI=1S/C25H31N7O4/c1-3-5-7-13-31-19(29-22-21(31)24(35)30-25(36)32(22)12-6-4-2)10-11-20(33)28-16-8-9-18-17(14-16)23(34)27-15-26-18/h8-9,14-15H,3-7,10-13H2,1-2H3,(H,28,33)(H,26,27,34)(H,30,35,36). The number of carbonyl (C=O) groups is 1. The molecule has 1 aromatic carbocycles. The number of amides is 1. The van der Waals surface area contributed by atoms with Crippen molar-refractivity contribution >= 4 is 33.7 Å². The Bertz CT molecular complexity index is 1560. The van der Waals surface area contributed by atoms with Crippen molar-refractivity contribution in [2.45, 2.75) is 71.9 Å². The number of hydrogen-bond donors (Lipinski definition) is 3. The first-order valence-electron chi connectivity index (χ1n) is 12.4. The molecule has 4 aromatic rings. The second kappa shape index (κ2) is 11.1. The minimum absolute atomic E-state index is 0.121. The van der Waals surface area contributed by atoms with Crippen molar-refractivity contribution in [3.63, 3.8) is 0 Å². The lowest BCUT2D eigenvalue weighted by Gasteiger charge is -2.09. The molecule has 0 aliphatic carbocycles. The fraction of sp³-hybridized carbons (Fsp3) is 0.440. The van der Waals surface area contributed by atoms with Crippen molar-refractivity contribution in [3.05, 3.63) is 61.5 Å². The topological polar surface area (TPSA) is 148 Å². The van der Waals surface area contributed by atoms with E-state index in [0.717, 1.165) is 32.1 Å². The molecular formula is C25H31N7O4. The molecule has 190 valence electrons. The molecule has 3 heterocycles. The Morgan fingerprint density at radius 2 is 1.78 bits per heavy atom. The summed E-state index contributed by atoms with van der Waals surface area (Å²) >= 11 is 0. The molecule has 0 saturated carbocycles. The lowest BCUT2D eigenvalue weighted by atomic mass is 10.2. The molecule has 0 fully saturated rings. The second-order valence-corrected chi connectivity index (χ2v) is 8.84. The van der Waals surface area contributed by atoms with Gasteiger partial charge in [0.05, 0.1) is 17.2 Å². The predicted octanol–water partition coefficient (Wildman–Crippen LogP) is 2.68. The van der Waals surface area contributed by atoms with Crippen LogP contribution in [-0.4, -0.2) is 35.0 Å². The van der Waals surface area contributed by atoms with Gasteiger partial charge in [-0.3, -0.25) is 23.9 Å². The van der Waals surface area contributed by atoms with Crippen molar-refractivity contribution in [2.75, 3.05) is 5.32 Å². The van der Waals surface area contributed by atoms with Crippen molar-refractivity contribution < 1.29 is 4.79 Å². The maximum atomic E-state index is 12.8. The van der Waals surface area contributed by atoms with Crippen LogP contribution in [0.25, 0.3) is 22.1 Å². The molecule has 0 atom stereocenters. The summed E-state index contributed by atoms with van der Waals surface area (Å²) in [6.45, 7) is 5.17. The summed E-state index contributed by atoms with van der Waals surface area (Å²) in [6, 6.07) is 4.96. The van der Waals surface area contributed by atoms with Crippen LogP contribution in [0.4, 0.5) is 5.69 Å². The van der Waals surface area contributed by atoms with Gasteiger partial charge in [0.2, 0.25) is 5.91 Å². The second-order valence-electron chi connectivity index (χ2n) is 8.84. The van der Waals surface area contributed by atoms with Crippen LogP contribution in [0.5, 0.6) is 0 Å². The first kappa shape index (κ1) is 25.1. The Labute approximate surface area is 206 Å². The molecule has 4 rings (SSSR count). The summed E-state index contributed by atoms with van der Waals surface area (Å²) in [5, 5.41) is 3.20. The highest BCUT2D eigenvalue weighted by atomic mass is 16.2. The molecule has 11 heteroatoms.